The summed E-state index contributed by atoms with van der Waals surface area (Å²) < 4.78 is 0. The smallest absolute Gasteiger partial charge is 0.239 e. The van der Waals surface area contributed by atoms with Gasteiger partial charge in [0, 0.05) is 46.3 Å². The van der Waals surface area contributed by atoms with Crippen molar-refractivity contribution >= 4 is 11.8 Å². The highest BCUT2D eigenvalue weighted by Crippen LogP contribution is 2.19. The number of hydrogen-bond acceptors (Lipinski definition) is 4. The molecular formula is C15H28N4O2. The topological polar surface area (TPSA) is 55.9 Å². The summed E-state index contributed by atoms with van der Waals surface area (Å²) in [5.74, 6) is 0.284. The lowest BCUT2D eigenvalue weighted by Crippen LogP contribution is -2.57. The van der Waals surface area contributed by atoms with E-state index in [0.717, 1.165) is 39.0 Å². The van der Waals surface area contributed by atoms with Gasteiger partial charge in [0.1, 0.15) is 0 Å². The molecule has 1 saturated heterocycles. The number of rotatable bonds is 5. The Bertz CT molecular complexity index is 387. The van der Waals surface area contributed by atoms with Crippen molar-refractivity contribution in [1.29, 1.82) is 0 Å². The van der Waals surface area contributed by atoms with E-state index in [-0.39, 0.29) is 23.9 Å². The van der Waals surface area contributed by atoms with Crippen molar-refractivity contribution in [3.05, 3.63) is 0 Å². The molecule has 2 atom stereocenters. The third-order valence-electron chi connectivity index (χ3n) is 4.55. The molecule has 0 aromatic heterocycles. The van der Waals surface area contributed by atoms with Gasteiger partial charge in [-0.25, -0.2) is 0 Å². The van der Waals surface area contributed by atoms with Gasteiger partial charge in [-0.2, -0.15) is 0 Å². The average Bonchev–Trinajstić information content (AvgIpc) is 3.28. The fraction of sp³-hybridized carbons (Fsp3) is 0.867. The van der Waals surface area contributed by atoms with Gasteiger partial charge in [0.15, 0.2) is 0 Å². The molecule has 1 aliphatic carbocycles. The van der Waals surface area contributed by atoms with Gasteiger partial charge in [0.05, 0.1) is 12.1 Å². The predicted octanol–water partition coefficient (Wildman–Crippen LogP) is -0.252. The molecule has 6 nitrogen and oxygen atoms in total. The monoisotopic (exact) mass is 296 g/mol. The summed E-state index contributed by atoms with van der Waals surface area (Å²) in [6.07, 6.45) is 2.24. The first-order chi connectivity index (χ1) is 9.90. The molecule has 1 saturated carbocycles. The van der Waals surface area contributed by atoms with Crippen molar-refractivity contribution in [1.82, 2.24) is 20.0 Å². The number of amides is 2. The summed E-state index contributed by atoms with van der Waals surface area (Å²) in [5, 5.41) is 3.06. The summed E-state index contributed by atoms with van der Waals surface area (Å²) in [6, 6.07) is 0.254. The normalized spacial score (nSPS) is 23.4. The summed E-state index contributed by atoms with van der Waals surface area (Å²) in [7, 11) is 3.58. The summed E-state index contributed by atoms with van der Waals surface area (Å²) in [4.78, 5) is 30.1. The van der Waals surface area contributed by atoms with Crippen LogP contribution in [0.15, 0.2) is 0 Å². The Morgan fingerprint density at radius 1 is 1.00 bits per heavy atom. The van der Waals surface area contributed by atoms with E-state index in [1.165, 1.54) is 0 Å². The molecule has 1 heterocycles. The Labute approximate surface area is 127 Å². The van der Waals surface area contributed by atoms with Crippen molar-refractivity contribution in [2.45, 2.75) is 44.8 Å². The third kappa shape index (κ3) is 4.17. The highest BCUT2D eigenvalue weighted by Gasteiger charge is 2.32. The summed E-state index contributed by atoms with van der Waals surface area (Å²) >= 11 is 0. The average molecular weight is 296 g/mol. The number of hydrogen-bond donors (Lipinski definition) is 1. The van der Waals surface area contributed by atoms with Gasteiger partial charge >= 0.3 is 0 Å². The van der Waals surface area contributed by atoms with E-state index in [4.69, 9.17) is 0 Å². The molecule has 0 aromatic carbocycles. The highest BCUT2D eigenvalue weighted by atomic mass is 16.2. The van der Waals surface area contributed by atoms with Gasteiger partial charge in [-0.05, 0) is 26.7 Å². The largest absolute Gasteiger partial charge is 0.352 e. The molecule has 2 fully saturated rings. The van der Waals surface area contributed by atoms with Crippen LogP contribution in [0.1, 0.15) is 26.7 Å². The molecule has 0 radical (unpaired) electrons. The van der Waals surface area contributed by atoms with Gasteiger partial charge in [-0.15, -0.1) is 0 Å². The molecule has 2 unspecified atom stereocenters. The van der Waals surface area contributed by atoms with Gasteiger partial charge in [0.2, 0.25) is 11.8 Å². The van der Waals surface area contributed by atoms with Crippen LogP contribution in [0.2, 0.25) is 0 Å². The van der Waals surface area contributed by atoms with Crippen molar-refractivity contribution < 1.29 is 9.59 Å². The van der Waals surface area contributed by atoms with Crippen LogP contribution >= 0.6 is 0 Å². The quantitative estimate of drug-likeness (QED) is 0.760. The summed E-state index contributed by atoms with van der Waals surface area (Å²) in [5.41, 5.74) is 0. The lowest BCUT2D eigenvalue weighted by molar-refractivity contribution is -0.135. The SMILES string of the molecule is CC(C(=O)NC1CC1)N1CCN(C(C)C(=O)N(C)C)CC1. The van der Waals surface area contributed by atoms with Crippen LogP contribution in [0.25, 0.3) is 0 Å². The van der Waals surface area contributed by atoms with E-state index in [1.807, 2.05) is 13.8 Å². The fourth-order valence-corrected chi connectivity index (χ4v) is 2.76. The molecule has 6 heteroatoms. The molecular weight excluding hydrogens is 268 g/mol. The second-order valence-corrected chi connectivity index (χ2v) is 6.44. The van der Waals surface area contributed by atoms with Crippen molar-refractivity contribution in [3.63, 3.8) is 0 Å². The van der Waals surface area contributed by atoms with Crippen LogP contribution in [0.5, 0.6) is 0 Å². The Morgan fingerprint density at radius 2 is 1.48 bits per heavy atom. The number of carbonyl (C=O) groups is 2. The second kappa shape index (κ2) is 6.75. The number of likely N-dealkylation sites (N-methyl/N-ethyl adjacent to an activating group) is 1. The number of nitrogens with one attached hydrogen (secondary N) is 1. The zero-order chi connectivity index (χ0) is 15.6. The van der Waals surface area contributed by atoms with Gasteiger partial charge in [0.25, 0.3) is 0 Å². The highest BCUT2D eigenvalue weighted by molar-refractivity contribution is 5.82. The first-order valence-electron chi connectivity index (χ1n) is 7.89. The van der Waals surface area contributed by atoms with Crippen LogP contribution in [-0.2, 0) is 9.59 Å². The van der Waals surface area contributed by atoms with E-state index in [2.05, 4.69) is 15.1 Å². The van der Waals surface area contributed by atoms with E-state index in [0.29, 0.717) is 6.04 Å². The maximum Gasteiger partial charge on any atom is 0.239 e. The predicted molar refractivity (Wildman–Crippen MR) is 81.9 cm³/mol. The zero-order valence-electron chi connectivity index (χ0n) is 13.6. The Hall–Kier alpha value is -1.14. The van der Waals surface area contributed by atoms with Crippen molar-refractivity contribution in [3.8, 4) is 0 Å². The van der Waals surface area contributed by atoms with E-state index < -0.39 is 0 Å². The lowest BCUT2D eigenvalue weighted by Gasteiger charge is -2.40. The lowest BCUT2D eigenvalue weighted by atomic mass is 10.1. The van der Waals surface area contributed by atoms with Crippen LogP contribution in [0.4, 0.5) is 0 Å². The molecule has 0 bridgehead atoms. The molecule has 2 aliphatic rings. The van der Waals surface area contributed by atoms with Crippen LogP contribution in [0.3, 0.4) is 0 Å². The van der Waals surface area contributed by atoms with Crippen LogP contribution in [-0.4, -0.2) is 84.9 Å². The number of nitrogens with zero attached hydrogens (tertiary/aromatic N) is 3. The first-order valence-corrected chi connectivity index (χ1v) is 7.89. The maximum atomic E-state index is 12.1. The molecule has 0 spiro atoms. The minimum Gasteiger partial charge on any atom is -0.352 e. The molecule has 2 amide bonds. The Kier molecular flexibility index (Phi) is 5.22. The second-order valence-electron chi connectivity index (χ2n) is 6.44. The molecule has 0 aromatic rings. The minimum atomic E-state index is -0.0854. The molecule has 120 valence electrons. The summed E-state index contributed by atoms with van der Waals surface area (Å²) in [6.45, 7) is 7.28. The molecule has 21 heavy (non-hydrogen) atoms. The maximum absolute atomic E-state index is 12.1. The zero-order valence-corrected chi connectivity index (χ0v) is 13.6. The number of piperazine rings is 1. The van der Waals surface area contributed by atoms with Gasteiger partial charge in [-0.1, -0.05) is 0 Å². The van der Waals surface area contributed by atoms with Crippen molar-refractivity contribution in [2.24, 2.45) is 0 Å². The Balaban J connectivity index is 1.79. The standard InChI is InChI=1S/C15H28N4O2/c1-11(14(20)16-13-5-6-13)18-7-9-19(10-8-18)12(2)15(21)17(3)4/h11-13H,5-10H2,1-4H3,(H,16,20). The molecule has 1 N–H and O–H groups in total. The first kappa shape index (κ1) is 16.2. The van der Waals surface area contributed by atoms with Crippen molar-refractivity contribution in [2.75, 3.05) is 40.3 Å². The molecule has 1 aliphatic heterocycles. The Morgan fingerprint density at radius 3 is 1.90 bits per heavy atom. The van der Waals surface area contributed by atoms with Gasteiger partial charge in [-0.3, -0.25) is 19.4 Å². The third-order valence-corrected chi connectivity index (χ3v) is 4.55. The van der Waals surface area contributed by atoms with E-state index >= 15 is 0 Å². The molecule has 2 rings (SSSR count). The van der Waals surface area contributed by atoms with E-state index in [1.54, 1.807) is 19.0 Å². The van der Waals surface area contributed by atoms with Crippen LogP contribution < -0.4 is 5.32 Å². The fourth-order valence-electron chi connectivity index (χ4n) is 2.76. The van der Waals surface area contributed by atoms with E-state index in [9.17, 15) is 9.59 Å². The number of carbonyl (C=O) groups excluding carboxylic acids is 2. The van der Waals surface area contributed by atoms with Gasteiger partial charge < -0.3 is 10.2 Å². The minimum absolute atomic E-state index is 0.0763. The van der Waals surface area contributed by atoms with Crippen LogP contribution in [0, 0.1) is 0 Å².